The number of carbonyl (C=O) groups is 2. The second kappa shape index (κ2) is 9.56. The second-order valence-electron chi connectivity index (χ2n) is 7.67. The minimum atomic E-state index is -5.08. The molecule has 0 aliphatic carbocycles. The smallest absolute Gasteiger partial charge is 0.475 e. The average molecular weight is 500 g/mol. The molecule has 2 aromatic carbocycles. The Balaban J connectivity index is 0.000000384. The molecule has 4 aromatic rings. The number of rotatable bonds is 2. The Morgan fingerprint density at radius 1 is 1.06 bits per heavy atom. The highest BCUT2D eigenvalue weighted by molar-refractivity contribution is 5.98. The summed E-state index contributed by atoms with van der Waals surface area (Å²) in [7, 11) is 0. The fraction of sp³-hybridized carbons (Fsp3) is 0.125. The third kappa shape index (κ3) is 4.92. The predicted octanol–water partition coefficient (Wildman–Crippen LogP) is 3.58. The maximum Gasteiger partial charge on any atom is 0.490 e. The Labute approximate surface area is 199 Å². The minimum absolute atomic E-state index is 0.137. The standard InChI is InChI=1S/C22H15FN4O2.C2HF3O2/c23-14-8-9-17-16(12-14)22(29)27-19-15(7-4-10-24-19)21(28)26-18(20(27)25-17)11-13-5-2-1-3-6-13;3-2(4,5)1(6)7/h1-10,12,18H,11H2,(H,26,28);(H,6,7). The van der Waals surface area contributed by atoms with Crippen LogP contribution in [0, 0.1) is 5.82 Å². The molecule has 0 spiro atoms. The Morgan fingerprint density at radius 3 is 2.42 bits per heavy atom. The van der Waals surface area contributed by atoms with Crippen molar-refractivity contribution in [3.8, 4) is 5.82 Å². The number of alkyl halides is 3. The van der Waals surface area contributed by atoms with Gasteiger partial charge in [-0.15, -0.1) is 0 Å². The third-order valence-corrected chi connectivity index (χ3v) is 5.24. The summed E-state index contributed by atoms with van der Waals surface area (Å²) < 4.78 is 46.9. The fourth-order valence-electron chi connectivity index (χ4n) is 3.66. The van der Waals surface area contributed by atoms with Gasteiger partial charge in [0.15, 0.2) is 5.82 Å². The lowest BCUT2D eigenvalue weighted by Crippen LogP contribution is -2.32. The van der Waals surface area contributed by atoms with E-state index in [9.17, 15) is 27.2 Å². The number of hydrogen-bond acceptors (Lipinski definition) is 5. The number of pyridine rings is 1. The zero-order valence-electron chi connectivity index (χ0n) is 18.2. The summed E-state index contributed by atoms with van der Waals surface area (Å²) in [6.45, 7) is 0. The number of benzene rings is 2. The number of amides is 1. The van der Waals surface area contributed by atoms with Crippen LogP contribution < -0.4 is 10.9 Å². The molecule has 8 nitrogen and oxygen atoms in total. The van der Waals surface area contributed by atoms with Crippen LogP contribution in [-0.4, -0.2) is 37.7 Å². The van der Waals surface area contributed by atoms with Gasteiger partial charge in [-0.1, -0.05) is 30.3 Å². The minimum Gasteiger partial charge on any atom is -0.475 e. The number of fused-ring (bicyclic) bond motifs is 4. The molecule has 1 aliphatic heterocycles. The Morgan fingerprint density at radius 2 is 1.75 bits per heavy atom. The van der Waals surface area contributed by atoms with Crippen LogP contribution >= 0.6 is 0 Å². The van der Waals surface area contributed by atoms with E-state index in [4.69, 9.17) is 9.90 Å². The first-order chi connectivity index (χ1) is 17.1. The quantitative estimate of drug-likeness (QED) is 0.407. The van der Waals surface area contributed by atoms with Crippen molar-refractivity contribution in [3.05, 3.63) is 100.0 Å². The molecule has 0 saturated heterocycles. The molecule has 3 heterocycles. The number of nitrogens with zero attached hydrogens (tertiary/aromatic N) is 3. The third-order valence-electron chi connectivity index (χ3n) is 5.24. The fourth-order valence-corrected chi connectivity index (χ4v) is 3.66. The van der Waals surface area contributed by atoms with E-state index in [1.807, 2.05) is 30.3 Å². The van der Waals surface area contributed by atoms with E-state index >= 15 is 0 Å². The van der Waals surface area contributed by atoms with Crippen LogP contribution in [0.3, 0.4) is 0 Å². The van der Waals surface area contributed by atoms with Gasteiger partial charge in [0, 0.05) is 6.20 Å². The lowest BCUT2D eigenvalue weighted by Gasteiger charge is -2.19. The summed E-state index contributed by atoms with van der Waals surface area (Å²) in [5, 5.41) is 10.2. The maximum absolute atomic E-state index is 13.8. The Hall–Kier alpha value is -4.61. The first kappa shape index (κ1) is 24.5. The summed E-state index contributed by atoms with van der Waals surface area (Å²) >= 11 is 0. The molecule has 0 fully saturated rings. The molecule has 0 bridgehead atoms. The van der Waals surface area contributed by atoms with Gasteiger partial charge >= 0.3 is 12.1 Å². The molecular formula is C24H16F4N4O4. The van der Waals surface area contributed by atoms with Gasteiger partial charge in [0.2, 0.25) is 0 Å². The number of carboxylic acid groups (broad SMARTS) is 1. The molecule has 1 atom stereocenters. The highest BCUT2D eigenvalue weighted by Crippen LogP contribution is 2.26. The van der Waals surface area contributed by atoms with Gasteiger partial charge in [0.05, 0.1) is 22.5 Å². The number of nitrogens with one attached hydrogen (secondary N) is 1. The molecule has 1 amide bonds. The van der Waals surface area contributed by atoms with E-state index in [0.717, 1.165) is 11.6 Å². The van der Waals surface area contributed by atoms with Gasteiger partial charge in [-0.2, -0.15) is 13.2 Å². The van der Waals surface area contributed by atoms with Gasteiger partial charge in [-0.25, -0.2) is 23.7 Å². The van der Waals surface area contributed by atoms with Gasteiger partial charge in [-0.3, -0.25) is 9.59 Å². The second-order valence-corrected chi connectivity index (χ2v) is 7.67. The number of aliphatic carboxylic acids is 1. The van der Waals surface area contributed by atoms with Gasteiger partial charge in [0.1, 0.15) is 11.6 Å². The van der Waals surface area contributed by atoms with Crippen molar-refractivity contribution in [1.82, 2.24) is 19.9 Å². The van der Waals surface area contributed by atoms with Crippen LogP contribution in [0.25, 0.3) is 16.7 Å². The highest BCUT2D eigenvalue weighted by Gasteiger charge is 2.38. The molecular weight excluding hydrogens is 484 g/mol. The topological polar surface area (TPSA) is 114 Å². The van der Waals surface area contributed by atoms with Crippen molar-refractivity contribution in [2.75, 3.05) is 0 Å². The first-order valence-corrected chi connectivity index (χ1v) is 10.4. The summed E-state index contributed by atoms with van der Waals surface area (Å²) in [6, 6.07) is 16.2. The predicted molar refractivity (Wildman–Crippen MR) is 119 cm³/mol. The normalized spacial score (nSPS) is 14.6. The van der Waals surface area contributed by atoms with Gasteiger partial charge < -0.3 is 10.4 Å². The molecule has 1 unspecified atom stereocenters. The van der Waals surface area contributed by atoms with Crippen LogP contribution in [0.1, 0.15) is 27.8 Å². The van der Waals surface area contributed by atoms with E-state index in [1.165, 1.54) is 22.9 Å². The lowest BCUT2D eigenvalue weighted by molar-refractivity contribution is -0.192. The maximum atomic E-state index is 13.8. The van der Waals surface area contributed by atoms with Crippen molar-refractivity contribution in [1.29, 1.82) is 0 Å². The summed E-state index contributed by atoms with van der Waals surface area (Å²) in [6.07, 6.45) is -3.13. The van der Waals surface area contributed by atoms with Crippen LogP contribution in [0.2, 0.25) is 0 Å². The van der Waals surface area contributed by atoms with Gasteiger partial charge in [-0.05, 0) is 42.3 Å². The summed E-state index contributed by atoms with van der Waals surface area (Å²) in [5.74, 6) is -3.06. The number of carbonyl (C=O) groups excluding carboxylic acids is 1. The largest absolute Gasteiger partial charge is 0.490 e. The number of hydrogen-bond donors (Lipinski definition) is 2. The Kier molecular flexibility index (Phi) is 6.51. The number of halogens is 4. The summed E-state index contributed by atoms with van der Waals surface area (Å²) in [4.78, 5) is 44.0. The molecule has 0 radical (unpaired) electrons. The highest BCUT2D eigenvalue weighted by atomic mass is 19.4. The molecule has 5 rings (SSSR count). The van der Waals surface area contributed by atoms with Crippen molar-refractivity contribution in [2.45, 2.75) is 18.6 Å². The van der Waals surface area contributed by atoms with Gasteiger partial charge in [0.25, 0.3) is 11.5 Å². The van der Waals surface area contributed by atoms with E-state index in [0.29, 0.717) is 17.8 Å². The molecule has 36 heavy (non-hydrogen) atoms. The molecule has 0 saturated carbocycles. The monoisotopic (exact) mass is 500 g/mol. The van der Waals surface area contributed by atoms with Crippen molar-refractivity contribution >= 4 is 22.8 Å². The van der Waals surface area contributed by atoms with E-state index in [2.05, 4.69) is 15.3 Å². The van der Waals surface area contributed by atoms with E-state index < -0.39 is 29.6 Å². The number of aromatic nitrogens is 3. The SMILES string of the molecule is O=C(O)C(F)(F)F.O=C1NC(Cc2ccccc2)c2nc3ccc(F)cc3c(=O)n2-c2ncccc21. The molecule has 184 valence electrons. The van der Waals surface area contributed by atoms with Crippen LogP contribution in [0.4, 0.5) is 17.6 Å². The van der Waals surface area contributed by atoms with Crippen LogP contribution in [-0.2, 0) is 11.2 Å². The first-order valence-electron chi connectivity index (χ1n) is 10.4. The van der Waals surface area contributed by atoms with Crippen molar-refractivity contribution < 1.29 is 32.3 Å². The molecule has 2 aromatic heterocycles. The average Bonchev–Trinajstić information content (AvgIpc) is 2.95. The van der Waals surface area contributed by atoms with E-state index in [1.54, 1.807) is 12.1 Å². The lowest BCUT2D eigenvalue weighted by atomic mass is 10.0. The number of carboxylic acids is 1. The molecule has 12 heteroatoms. The molecule has 1 aliphatic rings. The zero-order chi connectivity index (χ0) is 26.0. The summed E-state index contributed by atoms with van der Waals surface area (Å²) in [5.41, 5.74) is 1.16. The Bertz CT molecular complexity index is 1520. The van der Waals surface area contributed by atoms with Crippen LogP contribution in [0.5, 0.6) is 0 Å². The van der Waals surface area contributed by atoms with Crippen molar-refractivity contribution in [2.24, 2.45) is 0 Å². The zero-order valence-corrected chi connectivity index (χ0v) is 18.2. The van der Waals surface area contributed by atoms with Crippen LogP contribution in [0.15, 0.2) is 71.7 Å². The van der Waals surface area contributed by atoms with Crippen molar-refractivity contribution in [3.63, 3.8) is 0 Å². The van der Waals surface area contributed by atoms with E-state index in [-0.39, 0.29) is 22.7 Å². The molecule has 2 N–H and O–H groups in total.